The van der Waals surface area contributed by atoms with E-state index in [4.69, 9.17) is 0 Å². The Hall–Kier alpha value is -1.19. The first kappa shape index (κ1) is 12.9. The number of aliphatic hydroxyl groups excluding tert-OH is 1. The normalized spacial score (nSPS) is 12.8. The van der Waals surface area contributed by atoms with Gasteiger partial charge in [-0.05, 0) is 19.4 Å². The molecule has 0 heterocycles. The molecule has 0 spiro atoms. The van der Waals surface area contributed by atoms with Gasteiger partial charge in [0.15, 0.2) is 0 Å². The van der Waals surface area contributed by atoms with E-state index in [1.54, 1.807) is 13.8 Å². The molecule has 0 aliphatic heterocycles. The summed E-state index contributed by atoms with van der Waals surface area (Å²) >= 11 is 0. The van der Waals surface area contributed by atoms with Crippen LogP contribution in [0.5, 0.6) is 0 Å². The highest BCUT2D eigenvalue weighted by molar-refractivity contribution is 5.77. The van der Waals surface area contributed by atoms with Crippen LogP contribution < -0.4 is 0 Å². The van der Waals surface area contributed by atoms with Gasteiger partial charge in [-0.15, -0.1) is 0 Å². The highest BCUT2D eigenvalue weighted by atomic mass is 16.3. The molecule has 0 radical (unpaired) electrons. The van der Waals surface area contributed by atoms with Gasteiger partial charge in [-0.1, -0.05) is 30.3 Å². The zero-order valence-electron chi connectivity index (χ0n) is 9.89. The number of Topliss-reactive ketones (excluding diaryl/α,β-unsaturated/α-hetero) is 1. The van der Waals surface area contributed by atoms with E-state index in [1.807, 2.05) is 35.2 Å². The van der Waals surface area contributed by atoms with Gasteiger partial charge >= 0.3 is 0 Å². The van der Waals surface area contributed by atoms with E-state index < -0.39 is 6.10 Å². The fraction of sp³-hybridized carbons (Fsp3) is 0.462. The Labute approximate surface area is 96.7 Å². The molecule has 0 bridgehead atoms. The van der Waals surface area contributed by atoms with Gasteiger partial charge < -0.3 is 5.11 Å². The van der Waals surface area contributed by atoms with E-state index >= 15 is 0 Å². The van der Waals surface area contributed by atoms with Crippen molar-refractivity contribution >= 4 is 5.78 Å². The number of carbonyl (C=O) groups is 1. The summed E-state index contributed by atoms with van der Waals surface area (Å²) in [4.78, 5) is 13.1. The van der Waals surface area contributed by atoms with Crippen molar-refractivity contribution in [1.82, 2.24) is 4.90 Å². The van der Waals surface area contributed by atoms with Crippen LogP contribution in [0.25, 0.3) is 0 Å². The smallest absolute Gasteiger partial charge is 0.143 e. The predicted octanol–water partition coefficient (Wildman–Crippen LogP) is 1.46. The lowest BCUT2D eigenvalue weighted by atomic mass is 10.2. The number of hydrogen-bond donors (Lipinski definition) is 1. The molecular weight excluding hydrogens is 202 g/mol. The first-order valence-electron chi connectivity index (χ1n) is 5.51. The standard InChI is InChI=1S/C13H19NO2/c1-11(15)8-14(9-12(2)16)10-13-6-4-3-5-7-13/h3-7,11,15H,8-10H2,1-2H3. The number of rotatable bonds is 6. The molecule has 3 nitrogen and oxygen atoms in total. The third kappa shape index (κ3) is 5.05. The summed E-state index contributed by atoms with van der Waals surface area (Å²) in [5.74, 6) is 0.122. The van der Waals surface area contributed by atoms with Crippen molar-refractivity contribution in [1.29, 1.82) is 0 Å². The summed E-state index contributed by atoms with van der Waals surface area (Å²) in [7, 11) is 0. The second-order valence-electron chi connectivity index (χ2n) is 4.21. The lowest BCUT2D eigenvalue weighted by Crippen LogP contribution is -2.34. The fourth-order valence-electron chi connectivity index (χ4n) is 1.72. The molecule has 0 aliphatic rings. The van der Waals surface area contributed by atoms with Crippen molar-refractivity contribution < 1.29 is 9.90 Å². The molecular formula is C13H19NO2. The molecule has 0 aliphatic carbocycles. The molecule has 1 aromatic carbocycles. The van der Waals surface area contributed by atoms with Crippen LogP contribution >= 0.6 is 0 Å². The SMILES string of the molecule is CC(=O)CN(Cc1ccccc1)CC(C)O. The number of hydrogen-bond acceptors (Lipinski definition) is 3. The lowest BCUT2D eigenvalue weighted by molar-refractivity contribution is -0.118. The Morgan fingerprint density at radius 1 is 1.38 bits per heavy atom. The number of nitrogens with zero attached hydrogens (tertiary/aromatic N) is 1. The molecule has 1 N–H and O–H groups in total. The van der Waals surface area contributed by atoms with Crippen molar-refractivity contribution in [3.05, 3.63) is 35.9 Å². The van der Waals surface area contributed by atoms with Crippen molar-refractivity contribution in [2.75, 3.05) is 13.1 Å². The maximum absolute atomic E-state index is 11.1. The number of ketones is 1. The average molecular weight is 221 g/mol. The van der Waals surface area contributed by atoms with Gasteiger partial charge in [0.2, 0.25) is 0 Å². The van der Waals surface area contributed by atoms with Gasteiger partial charge in [-0.2, -0.15) is 0 Å². The van der Waals surface area contributed by atoms with E-state index in [1.165, 1.54) is 0 Å². The number of carbonyl (C=O) groups excluding carboxylic acids is 1. The number of benzene rings is 1. The van der Waals surface area contributed by atoms with Crippen LogP contribution in [0.4, 0.5) is 0 Å². The van der Waals surface area contributed by atoms with Crippen molar-refractivity contribution in [2.24, 2.45) is 0 Å². The minimum atomic E-state index is -0.414. The van der Waals surface area contributed by atoms with Crippen molar-refractivity contribution in [3.63, 3.8) is 0 Å². The van der Waals surface area contributed by atoms with Crippen molar-refractivity contribution in [2.45, 2.75) is 26.5 Å². The zero-order valence-corrected chi connectivity index (χ0v) is 9.89. The van der Waals surface area contributed by atoms with E-state index in [2.05, 4.69) is 0 Å². The fourth-order valence-corrected chi connectivity index (χ4v) is 1.72. The van der Waals surface area contributed by atoms with Crippen LogP contribution in [0.15, 0.2) is 30.3 Å². The molecule has 88 valence electrons. The maximum Gasteiger partial charge on any atom is 0.143 e. The highest BCUT2D eigenvalue weighted by Crippen LogP contribution is 2.05. The van der Waals surface area contributed by atoms with Crippen LogP contribution in [0.1, 0.15) is 19.4 Å². The summed E-state index contributed by atoms with van der Waals surface area (Å²) < 4.78 is 0. The third-order valence-electron chi connectivity index (χ3n) is 2.22. The maximum atomic E-state index is 11.1. The first-order chi connectivity index (χ1) is 7.58. The minimum absolute atomic E-state index is 0.122. The Kier molecular flexibility index (Phi) is 5.15. The molecule has 0 aromatic heterocycles. The second-order valence-corrected chi connectivity index (χ2v) is 4.21. The average Bonchev–Trinajstić information content (AvgIpc) is 2.16. The van der Waals surface area contributed by atoms with E-state index in [0.29, 0.717) is 19.6 Å². The Bertz CT molecular complexity index is 322. The monoisotopic (exact) mass is 221 g/mol. The van der Waals surface area contributed by atoms with Gasteiger partial charge in [0.1, 0.15) is 5.78 Å². The largest absolute Gasteiger partial charge is 0.392 e. The summed E-state index contributed by atoms with van der Waals surface area (Å²) in [5.41, 5.74) is 1.16. The van der Waals surface area contributed by atoms with Crippen LogP contribution in [0.3, 0.4) is 0 Å². The topological polar surface area (TPSA) is 40.5 Å². The van der Waals surface area contributed by atoms with Crippen LogP contribution in [-0.2, 0) is 11.3 Å². The molecule has 0 saturated carbocycles. The Morgan fingerprint density at radius 3 is 2.50 bits per heavy atom. The van der Waals surface area contributed by atoms with Gasteiger partial charge in [-0.3, -0.25) is 9.69 Å². The van der Waals surface area contributed by atoms with E-state index in [9.17, 15) is 9.90 Å². The number of aliphatic hydroxyl groups is 1. The molecule has 1 unspecified atom stereocenters. The molecule has 1 aromatic rings. The van der Waals surface area contributed by atoms with Gasteiger partial charge in [0.25, 0.3) is 0 Å². The summed E-state index contributed by atoms with van der Waals surface area (Å²) in [6.45, 7) is 4.91. The van der Waals surface area contributed by atoms with E-state index in [0.717, 1.165) is 5.56 Å². The zero-order chi connectivity index (χ0) is 12.0. The highest BCUT2D eigenvalue weighted by Gasteiger charge is 2.10. The summed E-state index contributed by atoms with van der Waals surface area (Å²) in [6.07, 6.45) is -0.414. The lowest BCUT2D eigenvalue weighted by Gasteiger charge is -2.22. The molecule has 0 amide bonds. The summed E-state index contributed by atoms with van der Waals surface area (Å²) in [6, 6.07) is 9.96. The van der Waals surface area contributed by atoms with Gasteiger partial charge in [-0.25, -0.2) is 0 Å². The van der Waals surface area contributed by atoms with Gasteiger partial charge in [0.05, 0.1) is 12.6 Å². The molecule has 0 saturated heterocycles. The quantitative estimate of drug-likeness (QED) is 0.790. The second kappa shape index (κ2) is 6.40. The van der Waals surface area contributed by atoms with Crippen LogP contribution in [0.2, 0.25) is 0 Å². The molecule has 1 atom stereocenters. The Balaban J connectivity index is 2.59. The van der Waals surface area contributed by atoms with Crippen LogP contribution in [-0.4, -0.2) is 35.0 Å². The molecule has 3 heteroatoms. The van der Waals surface area contributed by atoms with Gasteiger partial charge in [0, 0.05) is 13.1 Å². The minimum Gasteiger partial charge on any atom is -0.392 e. The summed E-state index contributed by atoms with van der Waals surface area (Å²) in [5, 5.41) is 9.36. The van der Waals surface area contributed by atoms with Crippen molar-refractivity contribution in [3.8, 4) is 0 Å². The first-order valence-corrected chi connectivity index (χ1v) is 5.51. The van der Waals surface area contributed by atoms with E-state index in [-0.39, 0.29) is 5.78 Å². The third-order valence-corrected chi connectivity index (χ3v) is 2.22. The molecule has 0 fully saturated rings. The molecule has 16 heavy (non-hydrogen) atoms. The molecule has 1 rings (SSSR count). The predicted molar refractivity (Wildman–Crippen MR) is 64.1 cm³/mol. The van der Waals surface area contributed by atoms with Crippen LogP contribution in [0, 0.1) is 0 Å². The Morgan fingerprint density at radius 2 is 2.00 bits per heavy atom.